The summed E-state index contributed by atoms with van der Waals surface area (Å²) < 4.78 is 0. The summed E-state index contributed by atoms with van der Waals surface area (Å²) in [5.41, 5.74) is 4.90. The van der Waals surface area contributed by atoms with Crippen LogP contribution in [-0.4, -0.2) is 31.4 Å². The second-order valence-electron chi connectivity index (χ2n) is 5.46. The molecule has 0 saturated carbocycles. The number of piperidine rings is 1. The Kier molecular flexibility index (Phi) is 6.84. The van der Waals surface area contributed by atoms with Gasteiger partial charge >= 0.3 is 0 Å². The minimum atomic E-state index is -0.271. The third kappa shape index (κ3) is 5.19. The molecule has 0 bridgehead atoms. The van der Waals surface area contributed by atoms with Crippen LogP contribution < -0.4 is 16.4 Å². The van der Waals surface area contributed by atoms with E-state index in [1.807, 2.05) is 0 Å². The highest BCUT2D eigenvalue weighted by Crippen LogP contribution is 2.34. The van der Waals surface area contributed by atoms with Crippen molar-refractivity contribution in [2.45, 2.75) is 51.9 Å². The van der Waals surface area contributed by atoms with Crippen LogP contribution in [0.25, 0.3) is 0 Å². The van der Waals surface area contributed by atoms with E-state index >= 15 is 0 Å². The summed E-state index contributed by atoms with van der Waals surface area (Å²) in [6.07, 6.45) is 5.81. The SMILES string of the molecule is CCCC1(C(=O)NCCCCC(N)=O)CCNCC1. The average molecular weight is 269 g/mol. The Balaban J connectivity index is 2.33. The van der Waals surface area contributed by atoms with Crippen LogP contribution >= 0.6 is 0 Å². The molecule has 1 fully saturated rings. The van der Waals surface area contributed by atoms with E-state index in [9.17, 15) is 9.59 Å². The van der Waals surface area contributed by atoms with Crippen LogP contribution in [0.15, 0.2) is 0 Å². The Hall–Kier alpha value is -1.10. The highest BCUT2D eigenvalue weighted by molar-refractivity contribution is 5.82. The zero-order chi connectivity index (χ0) is 14.1. The Labute approximate surface area is 115 Å². The van der Waals surface area contributed by atoms with Gasteiger partial charge in [-0.15, -0.1) is 0 Å². The van der Waals surface area contributed by atoms with Gasteiger partial charge in [0.15, 0.2) is 0 Å². The van der Waals surface area contributed by atoms with Crippen molar-refractivity contribution in [1.82, 2.24) is 10.6 Å². The molecule has 0 atom stereocenters. The van der Waals surface area contributed by atoms with Crippen molar-refractivity contribution >= 4 is 11.8 Å². The fraction of sp³-hybridized carbons (Fsp3) is 0.857. The summed E-state index contributed by atoms with van der Waals surface area (Å²) in [6.45, 7) is 4.62. The summed E-state index contributed by atoms with van der Waals surface area (Å²) in [4.78, 5) is 23.0. The van der Waals surface area contributed by atoms with E-state index in [1.165, 1.54) is 0 Å². The smallest absolute Gasteiger partial charge is 0.226 e. The molecule has 1 heterocycles. The van der Waals surface area contributed by atoms with E-state index in [1.54, 1.807) is 0 Å². The molecule has 0 radical (unpaired) electrons. The number of nitrogens with one attached hydrogen (secondary N) is 2. The molecule has 0 aromatic heterocycles. The maximum absolute atomic E-state index is 12.4. The zero-order valence-corrected chi connectivity index (χ0v) is 12.0. The molecule has 110 valence electrons. The monoisotopic (exact) mass is 269 g/mol. The summed E-state index contributed by atoms with van der Waals surface area (Å²) >= 11 is 0. The minimum absolute atomic E-state index is 0.177. The van der Waals surface area contributed by atoms with Crippen molar-refractivity contribution < 1.29 is 9.59 Å². The lowest BCUT2D eigenvalue weighted by molar-refractivity contribution is -0.133. The summed E-state index contributed by atoms with van der Waals surface area (Å²) in [5.74, 6) is -0.0814. The van der Waals surface area contributed by atoms with Crippen LogP contribution in [0.3, 0.4) is 0 Å². The number of hydrogen-bond donors (Lipinski definition) is 3. The maximum atomic E-state index is 12.4. The molecule has 1 aliphatic rings. The second-order valence-corrected chi connectivity index (χ2v) is 5.46. The number of rotatable bonds is 8. The van der Waals surface area contributed by atoms with E-state index in [4.69, 9.17) is 5.73 Å². The highest BCUT2D eigenvalue weighted by atomic mass is 16.2. The Morgan fingerprint density at radius 2 is 1.95 bits per heavy atom. The van der Waals surface area contributed by atoms with Gasteiger partial charge < -0.3 is 16.4 Å². The van der Waals surface area contributed by atoms with E-state index in [2.05, 4.69) is 17.6 Å². The van der Waals surface area contributed by atoms with Crippen LogP contribution in [0.4, 0.5) is 0 Å². The first-order chi connectivity index (χ1) is 9.10. The average Bonchev–Trinajstić information content (AvgIpc) is 2.39. The van der Waals surface area contributed by atoms with Crippen molar-refractivity contribution in [2.24, 2.45) is 11.1 Å². The van der Waals surface area contributed by atoms with Crippen molar-refractivity contribution in [3.05, 3.63) is 0 Å². The summed E-state index contributed by atoms with van der Waals surface area (Å²) in [5, 5.41) is 6.34. The molecule has 1 rings (SSSR count). The van der Waals surface area contributed by atoms with E-state index in [-0.39, 0.29) is 17.2 Å². The van der Waals surface area contributed by atoms with Crippen molar-refractivity contribution in [3.63, 3.8) is 0 Å². The van der Waals surface area contributed by atoms with E-state index in [0.717, 1.165) is 51.6 Å². The molecule has 19 heavy (non-hydrogen) atoms. The molecule has 4 N–H and O–H groups in total. The lowest BCUT2D eigenvalue weighted by atomic mass is 9.74. The van der Waals surface area contributed by atoms with Crippen LogP contribution in [-0.2, 0) is 9.59 Å². The van der Waals surface area contributed by atoms with Gasteiger partial charge in [-0.1, -0.05) is 13.3 Å². The molecular formula is C14H27N3O2. The molecule has 0 unspecified atom stereocenters. The predicted molar refractivity (Wildman–Crippen MR) is 75.5 cm³/mol. The molecule has 2 amide bonds. The normalized spacial score (nSPS) is 17.9. The number of amides is 2. The molecule has 0 aromatic carbocycles. The molecule has 0 aliphatic carbocycles. The largest absolute Gasteiger partial charge is 0.370 e. The van der Waals surface area contributed by atoms with Crippen LogP contribution in [0.2, 0.25) is 0 Å². The first-order valence-electron chi connectivity index (χ1n) is 7.38. The first-order valence-corrected chi connectivity index (χ1v) is 7.38. The summed E-state index contributed by atoms with van der Waals surface area (Å²) in [7, 11) is 0. The predicted octanol–water partition coefficient (Wildman–Crippen LogP) is 0.928. The molecule has 1 aliphatic heterocycles. The topological polar surface area (TPSA) is 84.2 Å². The van der Waals surface area contributed by atoms with Gasteiger partial charge in [0.2, 0.25) is 11.8 Å². The number of hydrogen-bond acceptors (Lipinski definition) is 3. The van der Waals surface area contributed by atoms with Gasteiger partial charge in [0.05, 0.1) is 5.41 Å². The minimum Gasteiger partial charge on any atom is -0.370 e. The lowest BCUT2D eigenvalue weighted by Gasteiger charge is -2.36. The summed E-state index contributed by atoms with van der Waals surface area (Å²) in [6, 6.07) is 0. The van der Waals surface area contributed by atoms with E-state index in [0.29, 0.717) is 13.0 Å². The fourth-order valence-corrected chi connectivity index (χ4v) is 2.79. The van der Waals surface area contributed by atoms with Gasteiger partial charge in [-0.05, 0) is 45.2 Å². The zero-order valence-electron chi connectivity index (χ0n) is 12.0. The Morgan fingerprint density at radius 3 is 2.53 bits per heavy atom. The second kappa shape index (κ2) is 8.15. The van der Waals surface area contributed by atoms with Gasteiger partial charge in [0.25, 0.3) is 0 Å². The first kappa shape index (κ1) is 16.0. The molecule has 5 heteroatoms. The van der Waals surface area contributed by atoms with Crippen LogP contribution in [0.5, 0.6) is 0 Å². The van der Waals surface area contributed by atoms with Crippen molar-refractivity contribution in [2.75, 3.05) is 19.6 Å². The van der Waals surface area contributed by atoms with Gasteiger partial charge in [0.1, 0.15) is 0 Å². The molecule has 1 saturated heterocycles. The third-order valence-corrected chi connectivity index (χ3v) is 3.91. The number of primary amides is 1. The molecule has 0 spiro atoms. The lowest BCUT2D eigenvalue weighted by Crippen LogP contribution is -2.47. The van der Waals surface area contributed by atoms with Gasteiger partial charge in [-0.3, -0.25) is 9.59 Å². The maximum Gasteiger partial charge on any atom is 0.226 e. The number of carbonyl (C=O) groups excluding carboxylic acids is 2. The van der Waals surface area contributed by atoms with Gasteiger partial charge in [-0.2, -0.15) is 0 Å². The van der Waals surface area contributed by atoms with Crippen molar-refractivity contribution in [3.8, 4) is 0 Å². The highest BCUT2D eigenvalue weighted by Gasteiger charge is 2.38. The van der Waals surface area contributed by atoms with Crippen molar-refractivity contribution in [1.29, 1.82) is 0 Å². The van der Waals surface area contributed by atoms with E-state index < -0.39 is 0 Å². The molecule has 0 aromatic rings. The number of nitrogens with two attached hydrogens (primary N) is 1. The third-order valence-electron chi connectivity index (χ3n) is 3.91. The quantitative estimate of drug-likeness (QED) is 0.573. The fourth-order valence-electron chi connectivity index (χ4n) is 2.79. The molecular weight excluding hydrogens is 242 g/mol. The Bertz CT molecular complexity index is 294. The standard InChI is InChI=1S/C14H27N3O2/c1-2-6-14(7-10-16-11-8-14)13(19)17-9-4-3-5-12(15)18/h16H,2-11H2,1H3,(H2,15,18)(H,17,19). The Morgan fingerprint density at radius 1 is 1.26 bits per heavy atom. The number of unbranched alkanes of at least 4 members (excludes halogenated alkanes) is 1. The van der Waals surface area contributed by atoms with Gasteiger partial charge in [0, 0.05) is 13.0 Å². The van der Waals surface area contributed by atoms with Gasteiger partial charge in [-0.25, -0.2) is 0 Å². The molecule has 5 nitrogen and oxygen atoms in total. The number of carbonyl (C=O) groups is 2. The van der Waals surface area contributed by atoms with Crippen LogP contribution in [0.1, 0.15) is 51.9 Å². The van der Waals surface area contributed by atoms with Crippen LogP contribution in [0, 0.1) is 5.41 Å².